The third kappa shape index (κ3) is 2.74. The highest BCUT2D eigenvalue weighted by molar-refractivity contribution is 7.92. The summed E-state index contributed by atoms with van der Waals surface area (Å²) in [5, 5.41) is 0. The van der Waals surface area contributed by atoms with Gasteiger partial charge in [-0.3, -0.25) is 4.72 Å². The molecule has 2 aromatic rings. The van der Waals surface area contributed by atoms with Crippen LogP contribution >= 0.6 is 0 Å². The van der Waals surface area contributed by atoms with E-state index in [4.69, 9.17) is 4.74 Å². The zero-order valence-electron chi connectivity index (χ0n) is 11.8. The molecule has 0 radical (unpaired) electrons. The van der Waals surface area contributed by atoms with Crippen LogP contribution in [0.15, 0.2) is 47.4 Å². The Kier molecular flexibility index (Phi) is 3.59. The molecular formula is C16H17NO3S. The summed E-state index contributed by atoms with van der Waals surface area (Å²) in [6.45, 7) is 2.62. The van der Waals surface area contributed by atoms with E-state index in [-0.39, 0.29) is 4.90 Å². The smallest absolute Gasteiger partial charge is 0.261 e. The SMILES string of the molecule is CCc1ccccc1NS(=O)(=O)c1ccc2c(c1)CCO2. The average molecular weight is 303 g/mol. The van der Waals surface area contributed by atoms with Crippen LogP contribution in [0.1, 0.15) is 18.1 Å². The zero-order chi connectivity index (χ0) is 14.9. The van der Waals surface area contributed by atoms with E-state index >= 15 is 0 Å². The molecule has 0 fully saturated rings. The van der Waals surface area contributed by atoms with Crippen LogP contribution in [-0.4, -0.2) is 15.0 Å². The Labute approximate surface area is 124 Å². The molecule has 110 valence electrons. The maximum atomic E-state index is 12.5. The number of hydrogen-bond acceptors (Lipinski definition) is 3. The predicted octanol–water partition coefficient (Wildman–Crippen LogP) is 2.98. The van der Waals surface area contributed by atoms with Crippen molar-refractivity contribution in [2.45, 2.75) is 24.7 Å². The van der Waals surface area contributed by atoms with Gasteiger partial charge >= 0.3 is 0 Å². The number of sulfonamides is 1. The third-order valence-corrected chi connectivity index (χ3v) is 4.98. The third-order valence-electron chi connectivity index (χ3n) is 3.61. The number of ether oxygens (including phenoxy) is 1. The van der Waals surface area contributed by atoms with E-state index in [1.165, 1.54) is 0 Å². The van der Waals surface area contributed by atoms with Crippen molar-refractivity contribution in [3.63, 3.8) is 0 Å². The monoisotopic (exact) mass is 303 g/mol. The Morgan fingerprint density at radius 3 is 2.81 bits per heavy atom. The summed E-state index contributed by atoms with van der Waals surface area (Å²) in [4.78, 5) is 0.276. The fraction of sp³-hybridized carbons (Fsp3) is 0.250. The Hall–Kier alpha value is -2.01. The van der Waals surface area contributed by atoms with Gasteiger partial charge in [0.1, 0.15) is 5.75 Å². The molecule has 1 heterocycles. The van der Waals surface area contributed by atoms with Gasteiger partial charge in [0.15, 0.2) is 0 Å². The second kappa shape index (κ2) is 5.41. The number of rotatable bonds is 4. The van der Waals surface area contributed by atoms with Crippen LogP contribution in [0.25, 0.3) is 0 Å². The van der Waals surface area contributed by atoms with Gasteiger partial charge < -0.3 is 4.74 Å². The Morgan fingerprint density at radius 2 is 2.00 bits per heavy atom. The van der Waals surface area contributed by atoms with Gasteiger partial charge in [-0.15, -0.1) is 0 Å². The molecule has 0 amide bonds. The van der Waals surface area contributed by atoms with E-state index in [0.717, 1.165) is 29.7 Å². The molecule has 1 aliphatic rings. The molecular weight excluding hydrogens is 286 g/mol. The lowest BCUT2D eigenvalue weighted by atomic mass is 10.1. The summed E-state index contributed by atoms with van der Waals surface area (Å²) in [7, 11) is -3.57. The second-order valence-corrected chi connectivity index (χ2v) is 6.67. The number of nitrogens with one attached hydrogen (secondary N) is 1. The normalized spacial score (nSPS) is 13.6. The molecule has 0 unspecified atom stereocenters. The molecule has 0 bridgehead atoms. The van der Waals surface area contributed by atoms with Gasteiger partial charge in [-0.1, -0.05) is 25.1 Å². The van der Waals surface area contributed by atoms with Gasteiger partial charge in [-0.2, -0.15) is 0 Å². The van der Waals surface area contributed by atoms with Gasteiger partial charge in [0, 0.05) is 6.42 Å². The first-order valence-electron chi connectivity index (χ1n) is 6.96. The van der Waals surface area contributed by atoms with Gasteiger partial charge in [-0.25, -0.2) is 8.42 Å². The average Bonchev–Trinajstić information content (AvgIpc) is 2.95. The second-order valence-electron chi connectivity index (χ2n) is 4.98. The highest BCUT2D eigenvalue weighted by Crippen LogP contribution is 2.28. The molecule has 0 saturated heterocycles. The van der Waals surface area contributed by atoms with Crippen molar-refractivity contribution in [1.29, 1.82) is 0 Å². The van der Waals surface area contributed by atoms with Crippen LogP contribution in [0.3, 0.4) is 0 Å². The first kappa shape index (κ1) is 13.9. The molecule has 0 aromatic heterocycles. The van der Waals surface area contributed by atoms with Crippen LogP contribution < -0.4 is 9.46 Å². The number of hydrogen-bond donors (Lipinski definition) is 1. The van der Waals surface area contributed by atoms with Crippen LogP contribution in [0.2, 0.25) is 0 Å². The highest BCUT2D eigenvalue weighted by Gasteiger charge is 2.20. The van der Waals surface area contributed by atoms with E-state index in [2.05, 4.69) is 4.72 Å². The van der Waals surface area contributed by atoms with Crippen LogP contribution in [0, 0.1) is 0 Å². The minimum atomic E-state index is -3.57. The van der Waals surface area contributed by atoms with Crippen LogP contribution in [0.5, 0.6) is 5.75 Å². The molecule has 1 aliphatic heterocycles. The lowest BCUT2D eigenvalue weighted by Gasteiger charge is -2.12. The van der Waals surface area contributed by atoms with Crippen LogP contribution in [0.4, 0.5) is 5.69 Å². The van der Waals surface area contributed by atoms with Crippen molar-refractivity contribution >= 4 is 15.7 Å². The van der Waals surface area contributed by atoms with Gasteiger partial charge in [-0.05, 0) is 41.8 Å². The minimum absolute atomic E-state index is 0.276. The minimum Gasteiger partial charge on any atom is -0.493 e. The highest BCUT2D eigenvalue weighted by atomic mass is 32.2. The first-order valence-corrected chi connectivity index (χ1v) is 8.45. The van der Waals surface area contributed by atoms with E-state index in [0.29, 0.717) is 12.3 Å². The molecule has 1 N–H and O–H groups in total. The summed E-state index contributed by atoms with van der Waals surface area (Å²) >= 11 is 0. The van der Waals surface area contributed by atoms with E-state index in [9.17, 15) is 8.42 Å². The Morgan fingerprint density at radius 1 is 1.19 bits per heavy atom. The van der Waals surface area contributed by atoms with Gasteiger partial charge in [0.25, 0.3) is 10.0 Å². The fourth-order valence-electron chi connectivity index (χ4n) is 2.46. The molecule has 4 nitrogen and oxygen atoms in total. The standard InChI is InChI=1S/C16H17NO3S/c1-2-12-5-3-4-6-15(12)17-21(18,19)14-7-8-16-13(11-14)9-10-20-16/h3-8,11,17H,2,9-10H2,1H3. The maximum Gasteiger partial charge on any atom is 0.261 e. The Bertz CT molecular complexity index is 769. The molecule has 0 atom stereocenters. The topological polar surface area (TPSA) is 55.4 Å². The van der Waals surface area contributed by atoms with Crippen molar-refractivity contribution < 1.29 is 13.2 Å². The van der Waals surface area contributed by atoms with Gasteiger partial charge in [0.05, 0.1) is 17.2 Å². The van der Waals surface area contributed by atoms with Crippen LogP contribution in [-0.2, 0) is 22.9 Å². The fourth-order valence-corrected chi connectivity index (χ4v) is 3.61. The summed E-state index contributed by atoms with van der Waals surface area (Å²) in [6.07, 6.45) is 1.53. The summed E-state index contributed by atoms with van der Waals surface area (Å²) in [6, 6.07) is 12.4. The lowest BCUT2D eigenvalue weighted by Crippen LogP contribution is -2.14. The molecule has 2 aromatic carbocycles. The van der Waals surface area contributed by atoms with Crippen molar-refractivity contribution in [3.05, 3.63) is 53.6 Å². The molecule has 0 saturated carbocycles. The van der Waals surface area contributed by atoms with Crippen molar-refractivity contribution in [2.24, 2.45) is 0 Å². The summed E-state index contributed by atoms with van der Waals surface area (Å²) in [5.74, 6) is 0.780. The summed E-state index contributed by atoms with van der Waals surface area (Å²) < 4.78 is 33.1. The number of para-hydroxylation sites is 1. The van der Waals surface area contributed by atoms with Crippen molar-refractivity contribution in [2.75, 3.05) is 11.3 Å². The maximum absolute atomic E-state index is 12.5. The predicted molar refractivity (Wildman–Crippen MR) is 82.3 cm³/mol. The van der Waals surface area contributed by atoms with E-state index in [1.807, 2.05) is 25.1 Å². The van der Waals surface area contributed by atoms with Crippen molar-refractivity contribution in [1.82, 2.24) is 0 Å². The largest absolute Gasteiger partial charge is 0.493 e. The molecule has 0 aliphatic carbocycles. The lowest BCUT2D eigenvalue weighted by molar-refractivity contribution is 0.356. The first-order chi connectivity index (χ1) is 10.1. The zero-order valence-corrected chi connectivity index (χ0v) is 12.6. The molecule has 3 rings (SSSR count). The quantitative estimate of drug-likeness (QED) is 0.944. The number of aryl methyl sites for hydroxylation is 1. The summed E-state index contributed by atoms with van der Waals surface area (Å²) in [5.41, 5.74) is 2.56. The molecule has 0 spiro atoms. The number of anilines is 1. The van der Waals surface area contributed by atoms with Gasteiger partial charge in [0.2, 0.25) is 0 Å². The van der Waals surface area contributed by atoms with Crippen molar-refractivity contribution in [3.8, 4) is 5.75 Å². The van der Waals surface area contributed by atoms with E-state index in [1.54, 1.807) is 24.3 Å². The molecule has 5 heteroatoms. The number of fused-ring (bicyclic) bond motifs is 1. The van der Waals surface area contributed by atoms with E-state index < -0.39 is 10.0 Å². The molecule has 21 heavy (non-hydrogen) atoms. The number of benzene rings is 2. The Balaban J connectivity index is 1.94.